The summed E-state index contributed by atoms with van der Waals surface area (Å²) >= 11 is 0. The van der Waals surface area contributed by atoms with E-state index in [9.17, 15) is 4.79 Å². The molecule has 2 heteroatoms. The highest BCUT2D eigenvalue weighted by atomic mass is 16.2. The minimum absolute atomic E-state index is 0.132. The van der Waals surface area contributed by atoms with Crippen molar-refractivity contribution >= 4 is 5.91 Å². The van der Waals surface area contributed by atoms with Gasteiger partial charge in [-0.3, -0.25) is 4.79 Å². The molecule has 1 amide bonds. The van der Waals surface area contributed by atoms with Crippen molar-refractivity contribution in [3.63, 3.8) is 0 Å². The third kappa shape index (κ3) is 4.05. The zero-order chi connectivity index (χ0) is 16.9. The average Bonchev–Trinajstić information content (AvgIpc) is 2.60. The molecule has 0 bridgehead atoms. The first-order valence-corrected chi connectivity index (χ1v) is 9.01. The van der Waals surface area contributed by atoms with Crippen LogP contribution in [0.2, 0.25) is 0 Å². The van der Waals surface area contributed by atoms with E-state index < -0.39 is 0 Å². The molecule has 1 heterocycles. The van der Waals surface area contributed by atoms with Crippen LogP contribution in [0, 0.1) is 11.8 Å². The van der Waals surface area contributed by atoms with Gasteiger partial charge in [0, 0.05) is 25.4 Å². The van der Waals surface area contributed by atoms with Crippen LogP contribution in [-0.4, -0.2) is 23.9 Å². The van der Waals surface area contributed by atoms with E-state index in [1.165, 1.54) is 17.5 Å². The Labute approximate surface area is 145 Å². The lowest BCUT2D eigenvalue weighted by molar-refractivity contribution is -0.134. The highest BCUT2D eigenvalue weighted by Gasteiger charge is 2.27. The molecule has 0 aliphatic carbocycles. The van der Waals surface area contributed by atoms with Crippen LogP contribution in [0.4, 0.5) is 0 Å². The first-order valence-electron chi connectivity index (χ1n) is 9.01. The van der Waals surface area contributed by atoms with E-state index in [1.807, 2.05) is 12.1 Å². The maximum Gasteiger partial charge on any atom is 0.223 e. The van der Waals surface area contributed by atoms with Crippen LogP contribution < -0.4 is 0 Å². The van der Waals surface area contributed by atoms with Crippen LogP contribution in [-0.2, 0) is 4.79 Å². The number of amides is 1. The molecule has 0 spiro atoms. The molecular formula is C22H27NO. The number of piperidine rings is 1. The van der Waals surface area contributed by atoms with Gasteiger partial charge in [0.2, 0.25) is 5.91 Å². The molecule has 2 nitrogen and oxygen atoms in total. The highest BCUT2D eigenvalue weighted by molar-refractivity contribution is 5.78. The fourth-order valence-corrected chi connectivity index (χ4v) is 3.97. The van der Waals surface area contributed by atoms with Crippen molar-refractivity contribution in [3.8, 4) is 0 Å². The van der Waals surface area contributed by atoms with E-state index in [2.05, 4.69) is 67.3 Å². The number of carbonyl (C=O) groups excluding carboxylic acids is 1. The lowest BCUT2D eigenvalue weighted by atomic mass is 9.87. The molecule has 1 aliphatic heterocycles. The first-order chi connectivity index (χ1) is 11.6. The Bertz CT molecular complexity index is 603. The minimum atomic E-state index is 0.132. The quantitative estimate of drug-likeness (QED) is 0.798. The van der Waals surface area contributed by atoms with Gasteiger partial charge in [0.25, 0.3) is 0 Å². The summed E-state index contributed by atoms with van der Waals surface area (Å²) in [6.07, 6.45) is 1.78. The fourth-order valence-electron chi connectivity index (χ4n) is 3.97. The Hall–Kier alpha value is -2.09. The van der Waals surface area contributed by atoms with Crippen LogP contribution in [0.3, 0.4) is 0 Å². The van der Waals surface area contributed by atoms with Gasteiger partial charge in [0.1, 0.15) is 0 Å². The zero-order valence-corrected chi connectivity index (χ0v) is 14.7. The van der Waals surface area contributed by atoms with Crippen molar-refractivity contribution in [2.75, 3.05) is 13.1 Å². The fraction of sp³-hybridized carbons (Fsp3) is 0.409. The van der Waals surface area contributed by atoms with Crippen molar-refractivity contribution in [2.45, 2.75) is 32.6 Å². The molecule has 0 aromatic heterocycles. The van der Waals surface area contributed by atoms with Crippen molar-refractivity contribution in [3.05, 3.63) is 71.8 Å². The molecule has 24 heavy (non-hydrogen) atoms. The number of hydrogen-bond donors (Lipinski definition) is 0. The van der Waals surface area contributed by atoms with E-state index in [-0.39, 0.29) is 11.8 Å². The Balaban J connectivity index is 1.81. The van der Waals surface area contributed by atoms with E-state index in [0.29, 0.717) is 18.3 Å². The van der Waals surface area contributed by atoms with Gasteiger partial charge in [-0.05, 0) is 29.4 Å². The molecule has 0 saturated carbocycles. The van der Waals surface area contributed by atoms with E-state index in [0.717, 1.165) is 13.1 Å². The van der Waals surface area contributed by atoms with E-state index >= 15 is 0 Å². The summed E-state index contributed by atoms with van der Waals surface area (Å²) in [5.74, 6) is 1.62. The monoisotopic (exact) mass is 321 g/mol. The molecule has 126 valence electrons. The molecule has 1 fully saturated rings. The van der Waals surface area contributed by atoms with Crippen LogP contribution in [0.25, 0.3) is 0 Å². The summed E-state index contributed by atoms with van der Waals surface area (Å²) in [4.78, 5) is 15.1. The molecule has 2 unspecified atom stereocenters. The van der Waals surface area contributed by atoms with Crippen molar-refractivity contribution in [2.24, 2.45) is 11.8 Å². The lowest BCUT2D eigenvalue weighted by Gasteiger charge is -2.36. The second-order valence-electron chi connectivity index (χ2n) is 7.32. The topological polar surface area (TPSA) is 20.3 Å². The van der Waals surface area contributed by atoms with Crippen molar-refractivity contribution in [1.82, 2.24) is 4.90 Å². The number of benzene rings is 2. The van der Waals surface area contributed by atoms with Crippen LogP contribution >= 0.6 is 0 Å². The maximum absolute atomic E-state index is 13.0. The Morgan fingerprint density at radius 3 is 1.83 bits per heavy atom. The number of hydrogen-bond acceptors (Lipinski definition) is 1. The third-order valence-electron chi connectivity index (χ3n) is 5.00. The van der Waals surface area contributed by atoms with Crippen LogP contribution in [0.1, 0.15) is 43.7 Å². The third-order valence-corrected chi connectivity index (χ3v) is 5.00. The molecule has 2 atom stereocenters. The van der Waals surface area contributed by atoms with E-state index in [1.54, 1.807) is 0 Å². The van der Waals surface area contributed by atoms with Gasteiger partial charge < -0.3 is 4.90 Å². The van der Waals surface area contributed by atoms with Gasteiger partial charge in [-0.25, -0.2) is 0 Å². The van der Waals surface area contributed by atoms with Gasteiger partial charge in [-0.2, -0.15) is 0 Å². The first kappa shape index (κ1) is 16.8. The Morgan fingerprint density at radius 2 is 1.38 bits per heavy atom. The highest BCUT2D eigenvalue weighted by Crippen LogP contribution is 2.30. The smallest absolute Gasteiger partial charge is 0.223 e. The standard InChI is InChI=1S/C22H27NO/c1-17-13-18(2)16-23(15-17)22(24)14-21(19-9-5-3-6-10-19)20-11-7-4-8-12-20/h3-12,17-18,21H,13-16H2,1-2H3. The Morgan fingerprint density at radius 1 is 0.917 bits per heavy atom. The largest absolute Gasteiger partial charge is 0.342 e. The molecule has 0 N–H and O–H groups in total. The number of nitrogens with zero attached hydrogens (tertiary/aromatic N) is 1. The number of carbonyl (C=O) groups is 1. The number of rotatable bonds is 4. The second kappa shape index (κ2) is 7.65. The average molecular weight is 321 g/mol. The van der Waals surface area contributed by atoms with Crippen molar-refractivity contribution < 1.29 is 4.79 Å². The van der Waals surface area contributed by atoms with Crippen molar-refractivity contribution in [1.29, 1.82) is 0 Å². The van der Waals surface area contributed by atoms with Gasteiger partial charge in [-0.15, -0.1) is 0 Å². The minimum Gasteiger partial charge on any atom is -0.342 e. The van der Waals surface area contributed by atoms with Gasteiger partial charge in [-0.1, -0.05) is 74.5 Å². The maximum atomic E-state index is 13.0. The number of likely N-dealkylation sites (tertiary alicyclic amines) is 1. The lowest BCUT2D eigenvalue weighted by Crippen LogP contribution is -2.43. The van der Waals surface area contributed by atoms with Crippen LogP contribution in [0.15, 0.2) is 60.7 Å². The molecule has 1 saturated heterocycles. The summed E-state index contributed by atoms with van der Waals surface area (Å²) < 4.78 is 0. The normalized spacial score (nSPS) is 21.0. The summed E-state index contributed by atoms with van der Waals surface area (Å²) in [6.45, 7) is 6.31. The second-order valence-corrected chi connectivity index (χ2v) is 7.32. The summed E-state index contributed by atoms with van der Waals surface area (Å²) in [5, 5.41) is 0. The predicted molar refractivity (Wildman–Crippen MR) is 98.9 cm³/mol. The van der Waals surface area contributed by atoms with Gasteiger partial charge in [0.05, 0.1) is 0 Å². The molecule has 3 rings (SSSR count). The summed E-state index contributed by atoms with van der Waals surface area (Å²) in [7, 11) is 0. The molecule has 2 aromatic carbocycles. The van der Waals surface area contributed by atoms with Crippen LogP contribution in [0.5, 0.6) is 0 Å². The SMILES string of the molecule is CC1CC(C)CN(C(=O)CC(c2ccccc2)c2ccccc2)C1. The molecule has 2 aromatic rings. The van der Waals surface area contributed by atoms with E-state index in [4.69, 9.17) is 0 Å². The molecule has 1 aliphatic rings. The summed E-state index contributed by atoms with van der Waals surface area (Å²) in [6, 6.07) is 20.8. The van der Waals surface area contributed by atoms with Gasteiger partial charge >= 0.3 is 0 Å². The van der Waals surface area contributed by atoms with Gasteiger partial charge in [0.15, 0.2) is 0 Å². The molecule has 0 radical (unpaired) electrons. The Kier molecular flexibility index (Phi) is 5.34. The zero-order valence-electron chi connectivity index (χ0n) is 14.7. The predicted octanol–water partition coefficient (Wildman–Crippen LogP) is 4.71. The summed E-state index contributed by atoms with van der Waals surface area (Å²) in [5.41, 5.74) is 2.44. The molecular weight excluding hydrogens is 294 g/mol.